The van der Waals surface area contributed by atoms with Crippen LogP contribution in [0.4, 0.5) is 5.69 Å². The van der Waals surface area contributed by atoms with Gasteiger partial charge in [-0.3, -0.25) is 9.89 Å². The second kappa shape index (κ2) is 15.6. The van der Waals surface area contributed by atoms with E-state index in [4.69, 9.17) is 9.47 Å². The van der Waals surface area contributed by atoms with Gasteiger partial charge in [0.25, 0.3) is 0 Å². The molecule has 0 spiro atoms. The minimum atomic E-state index is 0. The first-order chi connectivity index (χ1) is 13.8. The predicted molar refractivity (Wildman–Crippen MR) is 132 cm³/mol. The first kappa shape index (κ1) is 25.8. The standard InChI is InChI=1S/C21H37N5O2.HI/c1-4-28-18-6-12-24-21(22-2)23-11-5-13-25-14-16-26(17-15-25)19-7-9-20(27-3)10-8-19;/h7-10H,4-6,11-18H2,1-3H3,(H2,22,23,24);1H. The van der Waals surface area contributed by atoms with Crippen LogP contribution in [-0.4, -0.2) is 84.0 Å². The molecule has 0 unspecified atom stereocenters. The van der Waals surface area contributed by atoms with Gasteiger partial charge < -0.3 is 25.0 Å². The summed E-state index contributed by atoms with van der Waals surface area (Å²) in [5, 5.41) is 6.72. The molecule has 2 N–H and O–H groups in total. The monoisotopic (exact) mass is 519 g/mol. The van der Waals surface area contributed by atoms with Gasteiger partial charge in [0, 0.05) is 65.2 Å². The molecule has 0 radical (unpaired) electrons. The molecule has 1 saturated heterocycles. The zero-order valence-corrected chi connectivity index (χ0v) is 20.5. The number of halogens is 1. The Hall–Kier alpha value is -1.26. The molecular formula is C21H38IN5O2. The summed E-state index contributed by atoms with van der Waals surface area (Å²) in [5.74, 6) is 1.79. The number of hydrogen-bond acceptors (Lipinski definition) is 5. The highest BCUT2D eigenvalue weighted by molar-refractivity contribution is 14.0. The van der Waals surface area contributed by atoms with Crippen molar-refractivity contribution in [2.45, 2.75) is 19.8 Å². The van der Waals surface area contributed by atoms with Crippen molar-refractivity contribution in [3.05, 3.63) is 24.3 Å². The molecule has 7 nitrogen and oxygen atoms in total. The maximum absolute atomic E-state index is 5.35. The second-order valence-electron chi connectivity index (χ2n) is 6.86. The number of nitrogens with zero attached hydrogens (tertiary/aromatic N) is 3. The largest absolute Gasteiger partial charge is 0.497 e. The van der Waals surface area contributed by atoms with Crippen LogP contribution in [0.5, 0.6) is 5.75 Å². The van der Waals surface area contributed by atoms with Crippen molar-refractivity contribution in [2.24, 2.45) is 4.99 Å². The van der Waals surface area contributed by atoms with Crippen molar-refractivity contribution in [1.29, 1.82) is 0 Å². The van der Waals surface area contributed by atoms with E-state index in [0.29, 0.717) is 0 Å². The minimum Gasteiger partial charge on any atom is -0.497 e. The van der Waals surface area contributed by atoms with E-state index in [9.17, 15) is 0 Å². The summed E-state index contributed by atoms with van der Waals surface area (Å²) in [7, 11) is 3.52. The molecule has 29 heavy (non-hydrogen) atoms. The van der Waals surface area contributed by atoms with Gasteiger partial charge in [0.2, 0.25) is 0 Å². The van der Waals surface area contributed by atoms with Crippen molar-refractivity contribution in [3.8, 4) is 5.75 Å². The molecule has 0 saturated carbocycles. The van der Waals surface area contributed by atoms with Crippen molar-refractivity contribution in [3.63, 3.8) is 0 Å². The molecule has 166 valence electrons. The summed E-state index contributed by atoms with van der Waals surface area (Å²) in [6.07, 6.45) is 2.11. The fourth-order valence-corrected chi connectivity index (χ4v) is 3.28. The molecule has 1 aliphatic heterocycles. The van der Waals surface area contributed by atoms with Crippen LogP contribution >= 0.6 is 24.0 Å². The Morgan fingerprint density at radius 2 is 1.69 bits per heavy atom. The first-order valence-corrected chi connectivity index (χ1v) is 10.4. The summed E-state index contributed by atoms with van der Waals surface area (Å²) in [4.78, 5) is 9.26. The third kappa shape index (κ3) is 9.86. The van der Waals surface area contributed by atoms with Crippen LogP contribution in [0.3, 0.4) is 0 Å². The molecule has 8 heteroatoms. The van der Waals surface area contributed by atoms with E-state index in [0.717, 1.165) is 83.6 Å². The van der Waals surface area contributed by atoms with E-state index in [1.54, 1.807) is 7.11 Å². The van der Waals surface area contributed by atoms with Gasteiger partial charge in [0.15, 0.2) is 5.96 Å². The van der Waals surface area contributed by atoms with Crippen molar-refractivity contribution in [1.82, 2.24) is 15.5 Å². The SMILES string of the molecule is CCOCCCNC(=NC)NCCCN1CCN(c2ccc(OC)cc2)CC1.I. The smallest absolute Gasteiger partial charge is 0.190 e. The molecule has 1 fully saturated rings. The van der Waals surface area contributed by atoms with Crippen LogP contribution < -0.4 is 20.3 Å². The summed E-state index contributed by atoms with van der Waals surface area (Å²) in [6, 6.07) is 8.35. The number of aliphatic imine (C=N–C) groups is 1. The van der Waals surface area contributed by atoms with Gasteiger partial charge in [-0.1, -0.05) is 0 Å². The molecular weight excluding hydrogens is 481 g/mol. The summed E-state index contributed by atoms with van der Waals surface area (Å²) < 4.78 is 10.6. The lowest BCUT2D eigenvalue weighted by Crippen LogP contribution is -2.47. The average molecular weight is 519 g/mol. The van der Waals surface area contributed by atoms with E-state index in [1.807, 2.05) is 26.1 Å². The third-order valence-electron chi connectivity index (χ3n) is 4.94. The number of piperazine rings is 1. The van der Waals surface area contributed by atoms with Gasteiger partial charge in [-0.2, -0.15) is 0 Å². The molecule has 0 aromatic heterocycles. The van der Waals surface area contributed by atoms with Gasteiger partial charge in [-0.05, 0) is 50.6 Å². The van der Waals surface area contributed by atoms with Crippen molar-refractivity contribution < 1.29 is 9.47 Å². The van der Waals surface area contributed by atoms with Crippen LogP contribution in [0, 0.1) is 0 Å². The van der Waals surface area contributed by atoms with Crippen LogP contribution in [0.2, 0.25) is 0 Å². The molecule has 0 bridgehead atoms. The minimum absolute atomic E-state index is 0. The van der Waals surface area contributed by atoms with Gasteiger partial charge in [-0.15, -0.1) is 24.0 Å². The Kier molecular flexibility index (Phi) is 13.8. The predicted octanol–water partition coefficient (Wildman–Crippen LogP) is 2.42. The molecule has 1 aromatic carbocycles. The van der Waals surface area contributed by atoms with E-state index >= 15 is 0 Å². The number of ether oxygens (including phenoxy) is 2. The molecule has 1 heterocycles. The van der Waals surface area contributed by atoms with E-state index in [2.05, 4.69) is 37.6 Å². The van der Waals surface area contributed by atoms with Gasteiger partial charge in [-0.25, -0.2) is 0 Å². The van der Waals surface area contributed by atoms with Gasteiger partial charge in [0.05, 0.1) is 7.11 Å². The number of hydrogen-bond donors (Lipinski definition) is 2. The highest BCUT2D eigenvalue weighted by atomic mass is 127. The lowest BCUT2D eigenvalue weighted by Gasteiger charge is -2.36. The third-order valence-corrected chi connectivity index (χ3v) is 4.94. The maximum Gasteiger partial charge on any atom is 0.190 e. The molecule has 0 aliphatic carbocycles. The molecule has 0 amide bonds. The van der Waals surface area contributed by atoms with Gasteiger partial charge >= 0.3 is 0 Å². The highest BCUT2D eigenvalue weighted by Gasteiger charge is 2.16. The zero-order valence-electron chi connectivity index (χ0n) is 18.2. The second-order valence-corrected chi connectivity index (χ2v) is 6.86. The summed E-state index contributed by atoms with van der Waals surface area (Å²) >= 11 is 0. The Balaban J connectivity index is 0.00000420. The topological polar surface area (TPSA) is 61.4 Å². The number of guanidine groups is 1. The summed E-state index contributed by atoms with van der Waals surface area (Å²) in [6.45, 7) is 10.9. The molecule has 1 aliphatic rings. The van der Waals surface area contributed by atoms with Crippen molar-refractivity contribution in [2.75, 3.05) is 78.1 Å². The molecule has 1 aromatic rings. The lowest BCUT2D eigenvalue weighted by atomic mass is 10.2. The number of rotatable bonds is 11. The van der Waals surface area contributed by atoms with Crippen LogP contribution in [0.1, 0.15) is 19.8 Å². The van der Waals surface area contributed by atoms with Gasteiger partial charge in [0.1, 0.15) is 5.75 Å². The van der Waals surface area contributed by atoms with E-state index < -0.39 is 0 Å². The highest BCUT2D eigenvalue weighted by Crippen LogP contribution is 2.20. The number of benzene rings is 1. The van der Waals surface area contributed by atoms with E-state index in [1.165, 1.54) is 5.69 Å². The number of methoxy groups -OCH3 is 1. The maximum atomic E-state index is 5.35. The Morgan fingerprint density at radius 3 is 2.28 bits per heavy atom. The Bertz CT molecular complexity index is 563. The normalized spacial score (nSPS) is 15.0. The van der Waals surface area contributed by atoms with Crippen LogP contribution in [-0.2, 0) is 4.74 Å². The Morgan fingerprint density at radius 1 is 1.03 bits per heavy atom. The number of anilines is 1. The fraction of sp³-hybridized carbons (Fsp3) is 0.667. The summed E-state index contributed by atoms with van der Waals surface area (Å²) in [5.41, 5.74) is 1.28. The quantitative estimate of drug-likeness (QED) is 0.203. The number of nitrogens with one attached hydrogen (secondary N) is 2. The first-order valence-electron chi connectivity index (χ1n) is 10.4. The average Bonchev–Trinajstić information content (AvgIpc) is 2.75. The fourth-order valence-electron chi connectivity index (χ4n) is 3.28. The lowest BCUT2D eigenvalue weighted by molar-refractivity contribution is 0.145. The van der Waals surface area contributed by atoms with Crippen LogP contribution in [0.15, 0.2) is 29.3 Å². The van der Waals surface area contributed by atoms with Crippen LogP contribution in [0.25, 0.3) is 0 Å². The van der Waals surface area contributed by atoms with Crippen molar-refractivity contribution >= 4 is 35.6 Å². The Labute approximate surface area is 193 Å². The molecule has 0 atom stereocenters. The van der Waals surface area contributed by atoms with E-state index in [-0.39, 0.29) is 24.0 Å². The molecule has 2 rings (SSSR count). The zero-order chi connectivity index (χ0) is 20.0.